The van der Waals surface area contributed by atoms with Gasteiger partial charge >= 0.3 is 12.6 Å². The highest BCUT2D eigenvalue weighted by molar-refractivity contribution is 5.96. The van der Waals surface area contributed by atoms with Crippen molar-refractivity contribution < 1.29 is 41.4 Å². The van der Waals surface area contributed by atoms with E-state index >= 15 is 0 Å². The number of aryl methyl sites for hydroxylation is 1. The molecule has 0 aliphatic rings. The van der Waals surface area contributed by atoms with Crippen molar-refractivity contribution in [1.29, 1.82) is 0 Å². The molecular formula is C29H34F4N2O5. The van der Waals surface area contributed by atoms with Crippen molar-refractivity contribution in [2.75, 3.05) is 0 Å². The predicted molar refractivity (Wildman–Crippen MR) is 140 cm³/mol. The van der Waals surface area contributed by atoms with Crippen LogP contribution in [0.15, 0.2) is 30.5 Å². The van der Waals surface area contributed by atoms with E-state index in [-0.39, 0.29) is 53.0 Å². The lowest BCUT2D eigenvalue weighted by Gasteiger charge is -2.29. The summed E-state index contributed by atoms with van der Waals surface area (Å²) in [5.74, 6) is -2.81. The van der Waals surface area contributed by atoms with Crippen LogP contribution in [0, 0.1) is 24.0 Å². The second-order valence-corrected chi connectivity index (χ2v) is 11.0. The van der Waals surface area contributed by atoms with Gasteiger partial charge < -0.3 is 14.2 Å². The fourth-order valence-corrected chi connectivity index (χ4v) is 4.28. The summed E-state index contributed by atoms with van der Waals surface area (Å²) in [5.41, 5.74) is -1.01. The minimum absolute atomic E-state index is 0.0400. The number of benzene rings is 1. The Bertz CT molecular complexity index is 1360. The third-order valence-electron chi connectivity index (χ3n) is 6.56. The monoisotopic (exact) mass is 566 g/mol. The summed E-state index contributed by atoms with van der Waals surface area (Å²) in [6.45, 7) is 7.01. The number of ketones is 1. The topological polar surface area (TPSA) is 79.1 Å². The molecule has 3 rings (SSSR count). The number of pyridine rings is 1. The van der Waals surface area contributed by atoms with Crippen molar-refractivity contribution in [3.63, 3.8) is 0 Å². The van der Waals surface area contributed by atoms with Crippen LogP contribution in [-0.2, 0) is 16.1 Å². The zero-order valence-electron chi connectivity index (χ0n) is 23.4. The van der Waals surface area contributed by atoms with Gasteiger partial charge in [0.1, 0.15) is 35.3 Å². The Morgan fingerprint density at radius 2 is 1.75 bits per heavy atom. The number of Topliss-reactive ketones (excluding diaryl/α,β-unsaturated/α-hetero) is 1. The number of halogens is 4. The first-order valence-corrected chi connectivity index (χ1v) is 12.9. The molecule has 2 aromatic heterocycles. The lowest BCUT2D eigenvalue weighted by Crippen LogP contribution is -2.29. The zero-order valence-corrected chi connectivity index (χ0v) is 23.4. The molecular weight excluding hydrogens is 532 g/mol. The van der Waals surface area contributed by atoms with E-state index in [9.17, 15) is 27.2 Å². The molecule has 11 heteroatoms. The van der Waals surface area contributed by atoms with Gasteiger partial charge in [-0.25, -0.2) is 13.8 Å². The van der Waals surface area contributed by atoms with Crippen LogP contribution in [-0.4, -0.2) is 33.3 Å². The van der Waals surface area contributed by atoms with E-state index in [0.29, 0.717) is 18.5 Å². The van der Waals surface area contributed by atoms with Crippen molar-refractivity contribution in [3.05, 3.63) is 59.0 Å². The minimum atomic E-state index is -3.17. The second-order valence-electron chi connectivity index (χ2n) is 11.0. The molecule has 0 radical (unpaired) electrons. The van der Waals surface area contributed by atoms with Gasteiger partial charge in [-0.05, 0) is 51.7 Å². The summed E-state index contributed by atoms with van der Waals surface area (Å²) in [5, 5.41) is 0. The van der Waals surface area contributed by atoms with E-state index in [2.05, 4.69) is 9.72 Å². The van der Waals surface area contributed by atoms with Crippen LogP contribution in [0.3, 0.4) is 0 Å². The van der Waals surface area contributed by atoms with E-state index in [1.54, 1.807) is 27.7 Å². The molecule has 0 saturated heterocycles. The average Bonchev–Trinajstić information content (AvgIpc) is 3.16. The molecule has 0 fully saturated rings. The highest BCUT2D eigenvalue weighted by Gasteiger charge is 2.30. The zero-order chi connectivity index (χ0) is 29.8. The quantitative estimate of drug-likeness (QED) is 0.131. The Morgan fingerprint density at radius 1 is 1.10 bits per heavy atom. The maximum absolute atomic E-state index is 14.1. The molecule has 0 bridgehead atoms. The Labute approximate surface area is 230 Å². The van der Waals surface area contributed by atoms with Crippen LogP contribution in [0.5, 0.6) is 11.5 Å². The molecule has 0 aliphatic carbocycles. The van der Waals surface area contributed by atoms with Crippen LogP contribution in [0.25, 0.3) is 5.65 Å². The molecule has 2 heterocycles. The number of carbonyl (C=O) groups is 2. The number of aromatic nitrogens is 2. The van der Waals surface area contributed by atoms with Gasteiger partial charge in [0.05, 0.1) is 23.9 Å². The summed E-state index contributed by atoms with van der Waals surface area (Å²) < 4.78 is 71.3. The number of ether oxygens (including phenoxy) is 3. The lowest BCUT2D eigenvalue weighted by atomic mass is 9.79. The third-order valence-corrected chi connectivity index (χ3v) is 6.56. The SMILES string of the molecule is CCC(C)(CCC(=O)c1c(C)nc2c(OCc3c(F)cccc3F)cc(OC(F)F)cn12)CC(=O)OC(C)(C)C. The maximum atomic E-state index is 14.1. The summed E-state index contributed by atoms with van der Waals surface area (Å²) in [4.78, 5) is 30.2. The molecule has 0 amide bonds. The second kappa shape index (κ2) is 12.3. The molecule has 3 aromatic rings. The van der Waals surface area contributed by atoms with Gasteiger partial charge in [0.25, 0.3) is 0 Å². The van der Waals surface area contributed by atoms with E-state index in [4.69, 9.17) is 9.47 Å². The molecule has 0 saturated carbocycles. The van der Waals surface area contributed by atoms with Crippen LogP contribution in [0.4, 0.5) is 17.6 Å². The Morgan fingerprint density at radius 3 is 2.33 bits per heavy atom. The Kier molecular flexibility index (Phi) is 9.48. The van der Waals surface area contributed by atoms with E-state index in [0.717, 1.165) is 18.2 Å². The number of imidazole rings is 1. The number of hydrogen-bond donors (Lipinski definition) is 0. The molecule has 1 atom stereocenters. The number of alkyl halides is 2. The fourth-order valence-electron chi connectivity index (χ4n) is 4.28. The Balaban J connectivity index is 1.91. The largest absolute Gasteiger partial charge is 0.485 e. The summed E-state index contributed by atoms with van der Waals surface area (Å²) >= 11 is 0. The molecule has 40 heavy (non-hydrogen) atoms. The van der Waals surface area contributed by atoms with Crippen LogP contribution < -0.4 is 9.47 Å². The summed E-state index contributed by atoms with van der Waals surface area (Å²) in [7, 11) is 0. The van der Waals surface area contributed by atoms with Crippen molar-refractivity contribution in [2.45, 2.75) is 86.0 Å². The predicted octanol–water partition coefficient (Wildman–Crippen LogP) is 7.21. The van der Waals surface area contributed by atoms with Gasteiger partial charge in [0.15, 0.2) is 17.2 Å². The van der Waals surface area contributed by atoms with Gasteiger partial charge in [0.2, 0.25) is 0 Å². The first kappa shape index (κ1) is 30.9. The number of esters is 1. The molecule has 0 N–H and O–H groups in total. The Hall–Kier alpha value is -3.63. The molecule has 1 unspecified atom stereocenters. The number of carbonyl (C=O) groups excluding carboxylic acids is 2. The highest BCUT2D eigenvalue weighted by atomic mass is 19.3. The third kappa shape index (κ3) is 7.73. The standard InChI is InChI=1S/C29H34F4N2O5/c1-7-29(6,14-24(37)40-28(3,4)5)12-11-22(36)25-17(2)34-26-23(13-18(15-35(25)26)39-27(32)33)38-16-19-20(30)9-8-10-21(19)31/h8-10,13,15,27H,7,11-12,14,16H2,1-6H3. The van der Waals surface area contributed by atoms with Crippen molar-refractivity contribution in [2.24, 2.45) is 5.41 Å². The van der Waals surface area contributed by atoms with Crippen LogP contribution >= 0.6 is 0 Å². The average molecular weight is 567 g/mol. The molecule has 218 valence electrons. The van der Waals surface area contributed by atoms with Crippen molar-refractivity contribution >= 4 is 17.4 Å². The fraction of sp³-hybridized carbons (Fsp3) is 0.483. The summed E-state index contributed by atoms with van der Waals surface area (Å²) in [6.07, 6.45) is 2.32. The normalized spacial score (nSPS) is 13.4. The minimum Gasteiger partial charge on any atom is -0.485 e. The van der Waals surface area contributed by atoms with Crippen molar-refractivity contribution in [3.8, 4) is 11.5 Å². The van der Waals surface area contributed by atoms with Gasteiger partial charge in [-0.15, -0.1) is 0 Å². The molecule has 0 aliphatic heterocycles. The van der Waals surface area contributed by atoms with E-state index in [1.165, 1.54) is 16.7 Å². The molecule has 7 nitrogen and oxygen atoms in total. The van der Waals surface area contributed by atoms with Crippen LogP contribution in [0.2, 0.25) is 0 Å². The molecule has 1 aromatic carbocycles. The van der Waals surface area contributed by atoms with Crippen LogP contribution in [0.1, 0.15) is 82.0 Å². The lowest BCUT2D eigenvalue weighted by molar-refractivity contribution is -0.157. The van der Waals surface area contributed by atoms with Gasteiger partial charge in [-0.3, -0.25) is 14.0 Å². The van der Waals surface area contributed by atoms with E-state index in [1.807, 2.05) is 13.8 Å². The highest BCUT2D eigenvalue weighted by Crippen LogP contribution is 2.35. The van der Waals surface area contributed by atoms with E-state index < -0.39 is 35.9 Å². The van der Waals surface area contributed by atoms with Gasteiger partial charge in [-0.2, -0.15) is 8.78 Å². The first-order valence-electron chi connectivity index (χ1n) is 12.9. The number of nitrogens with zero attached hydrogens (tertiary/aromatic N) is 2. The smallest absolute Gasteiger partial charge is 0.387 e. The maximum Gasteiger partial charge on any atom is 0.387 e. The van der Waals surface area contributed by atoms with Gasteiger partial charge in [-0.1, -0.05) is 26.3 Å². The first-order chi connectivity index (χ1) is 18.6. The molecule has 0 spiro atoms. The van der Waals surface area contributed by atoms with Gasteiger partial charge in [0, 0.05) is 12.5 Å². The number of fused-ring (bicyclic) bond motifs is 1. The number of hydrogen-bond acceptors (Lipinski definition) is 6. The number of rotatable bonds is 12. The van der Waals surface area contributed by atoms with Crippen molar-refractivity contribution in [1.82, 2.24) is 9.38 Å². The summed E-state index contributed by atoms with van der Waals surface area (Å²) in [6, 6.07) is 4.46.